The van der Waals surface area contributed by atoms with Crippen LogP contribution in [0.4, 0.5) is 34.1 Å². The lowest BCUT2D eigenvalue weighted by molar-refractivity contribution is 0.711. The molecule has 8 aromatic carbocycles. The number of hydrogen-bond acceptors (Lipinski definition) is 8. The van der Waals surface area contributed by atoms with Gasteiger partial charge >= 0.3 is 0 Å². The number of hydrogen-bond donors (Lipinski definition) is 0. The van der Waals surface area contributed by atoms with E-state index in [1.807, 2.05) is 47.9 Å². The van der Waals surface area contributed by atoms with Crippen LogP contribution in [0.1, 0.15) is 22.3 Å². The highest BCUT2D eigenvalue weighted by Crippen LogP contribution is 2.65. The minimum atomic E-state index is -0.690. The van der Waals surface area contributed by atoms with Crippen molar-refractivity contribution in [2.75, 3.05) is 9.80 Å². The summed E-state index contributed by atoms with van der Waals surface area (Å²) >= 11 is 3.72. The number of rotatable bonds is 6. The average Bonchev–Trinajstić information content (AvgIpc) is 3.70. The van der Waals surface area contributed by atoms with Crippen LogP contribution in [0.25, 0.3) is 45.1 Å². The van der Waals surface area contributed by atoms with Crippen LogP contribution in [-0.2, 0) is 5.41 Å². The number of aromatic nitrogens is 4. The highest BCUT2D eigenvalue weighted by atomic mass is 32.2. The Kier molecular flexibility index (Phi) is 9.19. The molecule has 1 unspecified atom stereocenters. The van der Waals surface area contributed by atoms with Crippen molar-refractivity contribution in [3.8, 4) is 34.2 Å². The van der Waals surface area contributed by atoms with Crippen LogP contribution in [0, 0.1) is 0 Å². The van der Waals surface area contributed by atoms with Crippen LogP contribution < -0.4 is 9.80 Å². The smallest absolute Gasteiger partial charge is 0.179 e. The second-order valence-electron chi connectivity index (χ2n) is 17.3. The molecule has 8 heteroatoms. The summed E-state index contributed by atoms with van der Waals surface area (Å²) in [5.74, 6) is 0.581. The largest absolute Gasteiger partial charge is 0.310 e. The van der Waals surface area contributed by atoms with E-state index < -0.39 is 5.41 Å². The van der Waals surface area contributed by atoms with Gasteiger partial charge in [0.15, 0.2) is 5.82 Å². The molecule has 0 saturated heterocycles. The van der Waals surface area contributed by atoms with Crippen molar-refractivity contribution in [2.24, 2.45) is 0 Å². The fraction of sp³-hybridized carbons (Fsp3) is 0.0164. The van der Waals surface area contributed by atoms with Crippen LogP contribution in [0.5, 0.6) is 0 Å². The van der Waals surface area contributed by atoms with E-state index in [2.05, 4.69) is 216 Å². The van der Waals surface area contributed by atoms with Crippen molar-refractivity contribution in [3.63, 3.8) is 0 Å². The molecule has 2 aliphatic heterocycles. The number of pyridine rings is 2. The zero-order chi connectivity index (χ0) is 45.5. The highest BCUT2D eigenvalue weighted by Gasteiger charge is 2.52. The minimum absolute atomic E-state index is 0.581. The van der Waals surface area contributed by atoms with Gasteiger partial charge < -0.3 is 9.80 Å². The van der Waals surface area contributed by atoms with Gasteiger partial charge in [-0.1, -0.05) is 163 Å². The molecule has 1 atom stereocenters. The van der Waals surface area contributed by atoms with E-state index in [-0.39, 0.29) is 0 Å². The third-order valence-corrected chi connectivity index (χ3v) is 16.1. The fourth-order valence-corrected chi connectivity index (χ4v) is 13.2. The summed E-state index contributed by atoms with van der Waals surface area (Å²) in [6.45, 7) is 0. The van der Waals surface area contributed by atoms with Gasteiger partial charge in [0.05, 0.1) is 44.3 Å². The summed E-state index contributed by atoms with van der Waals surface area (Å²) in [6, 6.07) is 79.8. The van der Waals surface area contributed by atoms with E-state index in [9.17, 15) is 0 Å². The van der Waals surface area contributed by atoms with Crippen molar-refractivity contribution >= 4 is 68.6 Å². The first-order valence-electron chi connectivity index (χ1n) is 23.0. The van der Waals surface area contributed by atoms with E-state index in [1.165, 1.54) is 30.7 Å². The van der Waals surface area contributed by atoms with Gasteiger partial charge in [0.1, 0.15) is 5.69 Å². The summed E-state index contributed by atoms with van der Waals surface area (Å²) in [5, 5.41) is 1.00. The maximum atomic E-state index is 5.53. The van der Waals surface area contributed by atoms with Crippen molar-refractivity contribution in [1.82, 2.24) is 19.9 Å². The number of benzene rings is 8. The minimum Gasteiger partial charge on any atom is -0.310 e. The molecule has 324 valence electrons. The zero-order valence-electron chi connectivity index (χ0n) is 36.9. The van der Waals surface area contributed by atoms with Crippen LogP contribution in [-0.4, -0.2) is 19.9 Å². The quantitative estimate of drug-likeness (QED) is 0.163. The Bertz CT molecular complexity index is 3790. The monoisotopic (exact) mass is 918 g/mol. The molecule has 0 bridgehead atoms. The Labute approximate surface area is 408 Å². The number of para-hydroxylation sites is 4. The molecule has 11 aromatic rings. The number of fused-ring (bicyclic) bond motifs is 13. The third-order valence-electron chi connectivity index (χ3n) is 13.5. The second-order valence-corrected chi connectivity index (χ2v) is 19.4. The third kappa shape index (κ3) is 6.16. The van der Waals surface area contributed by atoms with Crippen LogP contribution in [0.2, 0.25) is 0 Å². The fourth-order valence-electron chi connectivity index (χ4n) is 10.7. The molecule has 1 spiro atoms. The van der Waals surface area contributed by atoms with Gasteiger partial charge in [-0.05, 0) is 107 Å². The lowest BCUT2D eigenvalue weighted by Gasteiger charge is -2.42. The van der Waals surface area contributed by atoms with E-state index >= 15 is 0 Å². The molecule has 0 saturated carbocycles. The molecular formula is C61H38N6S2. The molecule has 6 nitrogen and oxygen atoms in total. The SMILES string of the molecule is c1ccc(-c2nc(-c3ccc4c(n3)-c3ncccc3C43c4ccccc4Sc4c3ccc3c4Sc4ccccc4N3c3cccc(N(c4ccccc4)c4ccccc4)c3)nc3ccccc23)cc1. The van der Waals surface area contributed by atoms with Crippen LogP contribution in [0.3, 0.4) is 0 Å². The van der Waals surface area contributed by atoms with Crippen LogP contribution in [0.15, 0.2) is 250 Å². The molecule has 3 aromatic heterocycles. The molecule has 0 radical (unpaired) electrons. The molecule has 0 fully saturated rings. The van der Waals surface area contributed by atoms with Gasteiger partial charge in [0.25, 0.3) is 0 Å². The molecule has 1 aliphatic carbocycles. The molecule has 5 heterocycles. The van der Waals surface area contributed by atoms with Gasteiger partial charge in [0, 0.05) is 54.6 Å². The summed E-state index contributed by atoms with van der Waals surface area (Å²) in [6.07, 6.45) is 1.89. The van der Waals surface area contributed by atoms with Gasteiger partial charge in [0.2, 0.25) is 0 Å². The van der Waals surface area contributed by atoms with Gasteiger partial charge in [-0.2, -0.15) is 0 Å². The Morgan fingerprint density at radius 1 is 0.420 bits per heavy atom. The first kappa shape index (κ1) is 39.8. The lowest BCUT2D eigenvalue weighted by atomic mass is 9.67. The van der Waals surface area contributed by atoms with Crippen molar-refractivity contribution in [2.45, 2.75) is 25.0 Å². The maximum absolute atomic E-state index is 5.53. The molecule has 0 amide bonds. The Morgan fingerprint density at radius 3 is 1.90 bits per heavy atom. The van der Waals surface area contributed by atoms with Crippen molar-refractivity contribution in [1.29, 1.82) is 0 Å². The Hall–Kier alpha value is -8.30. The van der Waals surface area contributed by atoms with Crippen molar-refractivity contribution < 1.29 is 0 Å². The number of nitrogens with zero attached hydrogens (tertiary/aromatic N) is 6. The van der Waals surface area contributed by atoms with Gasteiger partial charge in [-0.15, -0.1) is 0 Å². The predicted molar refractivity (Wildman–Crippen MR) is 281 cm³/mol. The van der Waals surface area contributed by atoms with Crippen molar-refractivity contribution in [3.05, 3.63) is 253 Å². The summed E-state index contributed by atoms with van der Waals surface area (Å²) in [4.78, 5) is 30.7. The number of anilines is 6. The second kappa shape index (κ2) is 15.9. The molecule has 0 N–H and O–H groups in total. The molecule has 3 aliphatic rings. The van der Waals surface area contributed by atoms with Gasteiger partial charge in [-0.3, -0.25) is 4.98 Å². The van der Waals surface area contributed by atoms with Gasteiger partial charge in [-0.25, -0.2) is 15.0 Å². The molecular weight excluding hydrogens is 881 g/mol. The lowest BCUT2D eigenvalue weighted by Crippen LogP contribution is -2.32. The first-order chi connectivity index (χ1) is 34.2. The highest BCUT2D eigenvalue weighted by molar-refractivity contribution is 8.02. The van der Waals surface area contributed by atoms with E-state index in [1.54, 1.807) is 0 Å². The Morgan fingerprint density at radius 2 is 1.07 bits per heavy atom. The topological polar surface area (TPSA) is 58.0 Å². The van der Waals surface area contributed by atoms with E-state index in [4.69, 9.17) is 19.9 Å². The predicted octanol–water partition coefficient (Wildman–Crippen LogP) is 16.0. The van der Waals surface area contributed by atoms with E-state index in [0.717, 1.165) is 78.8 Å². The molecule has 14 rings (SSSR count). The first-order valence-corrected chi connectivity index (χ1v) is 24.7. The summed E-state index contributed by atoms with van der Waals surface area (Å²) in [5.41, 5.74) is 15.9. The van der Waals surface area contributed by atoms with E-state index in [0.29, 0.717) is 11.5 Å². The Balaban J connectivity index is 0.961. The summed E-state index contributed by atoms with van der Waals surface area (Å²) < 4.78 is 0. The summed E-state index contributed by atoms with van der Waals surface area (Å²) in [7, 11) is 0. The average molecular weight is 919 g/mol. The standard InChI is InChI=1S/C61H38N6S2/c1-4-18-39(19-5-1)55-44-26-10-12-29-49(44)64-60(65-55)50-35-33-47-57(63-50)56-46(28-17-37-62-56)61(47)45-27-11-14-31-53(45)68-58-48(61)34-36-52-59(58)69-54-32-15-13-30-51(54)67(52)43-25-16-24-42(38-43)66(40-20-6-2-7-21-40)41-22-8-3-9-23-41/h1-38H. The van der Waals surface area contributed by atoms with Crippen LogP contribution >= 0.6 is 23.5 Å². The zero-order valence-corrected chi connectivity index (χ0v) is 38.6. The normalized spacial score (nSPS) is 14.9. The molecule has 69 heavy (non-hydrogen) atoms. The maximum Gasteiger partial charge on any atom is 0.179 e.